The van der Waals surface area contributed by atoms with Gasteiger partial charge < -0.3 is 14.7 Å². The van der Waals surface area contributed by atoms with E-state index < -0.39 is 0 Å². The van der Waals surface area contributed by atoms with E-state index in [0.717, 1.165) is 25.9 Å². The maximum Gasteiger partial charge on any atom is 0.254 e. The molecule has 2 aliphatic rings. The lowest BCUT2D eigenvalue weighted by atomic mass is 10.1. The lowest BCUT2D eigenvalue weighted by molar-refractivity contribution is -0.135. The molecule has 1 aromatic carbocycles. The van der Waals surface area contributed by atoms with Gasteiger partial charge in [0.1, 0.15) is 0 Å². The molecule has 2 aliphatic heterocycles. The molecular formula is C21H30N4O3. The van der Waals surface area contributed by atoms with Crippen molar-refractivity contribution in [1.82, 2.24) is 19.6 Å². The molecule has 0 spiro atoms. The molecular weight excluding hydrogens is 356 g/mol. The smallest absolute Gasteiger partial charge is 0.254 e. The highest BCUT2D eigenvalue weighted by atomic mass is 16.2. The summed E-state index contributed by atoms with van der Waals surface area (Å²) in [6.45, 7) is 4.84. The monoisotopic (exact) mass is 386 g/mol. The average molecular weight is 386 g/mol. The van der Waals surface area contributed by atoms with Crippen LogP contribution in [0, 0.1) is 0 Å². The third-order valence-electron chi connectivity index (χ3n) is 5.53. The van der Waals surface area contributed by atoms with Crippen LogP contribution in [0.25, 0.3) is 0 Å². The Morgan fingerprint density at radius 2 is 1.43 bits per heavy atom. The van der Waals surface area contributed by atoms with E-state index in [1.807, 2.05) is 23.1 Å². The van der Waals surface area contributed by atoms with E-state index in [1.54, 1.807) is 24.1 Å². The molecule has 28 heavy (non-hydrogen) atoms. The number of amides is 3. The summed E-state index contributed by atoms with van der Waals surface area (Å²) in [6, 6.07) is 8.99. The Bertz CT molecular complexity index is 680. The Morgan fingerprint density at radius 1 is 0.821 bits per heavy atom. The van der Waals surface area contributed by atoms with E-state index in [-0.39, 0.29) is 24.3 Å². The fourth-order valence-electron chi connectivity index (χ4n) is 3.77. The molecule has 2 saturated heterocycles. The third kappa shape index (κ3) is 5.32. The second-order valence-electron chi connectivity index (χ2n) is 7.63. The van der Waals surface area contributed by atoms with Gasteiger partial charge in [-0.15, -0.1) is 0 Å². The molecule has 0 N–H and O–H groups in total. The van der Waals surface area contributed by atoms with Crippen molar-refractivity contribution in [3.05, 3.63) is 35.9 Å². The van der Waals surface area contributed by atoms with Crippen LogP contribution < -0.4 is 0 Å². The van der Waals surface area contributed by atoms with E-state index in [1.165, 1.54) is 11.3 Å². The van der Waals surface area contributed by atoms with Crippen LogP contribution in [0.15, 0.2) is 30.3 Å². The molecule has 0 atom stereocenters. The lowest BCUT2D eigenvalue weighted by Gasteiger charge is -2.36. The first-order valence-corrected chi connectivity index (χ1v) is 10.1. The van der Waals surface area contributed by atoms with Crippen LogP contribution in [-0.2, 0) is 9.59 Å². The number of piperazine rings is 1. The fraction of sp³-hybridized carbons (Fsp3) is 0.571. The van der Waals surface area contributed by atoms with Gasteiger partial charge >= 0.3 is 0 Å². The minimum atomic E-state index is -0.153. The van der Waals surface area contributed by atoms with Crippen molar-refractivity contribution >= 4 is 17.7 Å². The van der Waals surface area contributed by atoms with E-state index in [2.05, 4.69) is 4.90 Å². The summed E-state index contributed by atoms with van der Waals surface area (Å²) in [6.07, 6.45) is 3.41. The van der Waals surface area contributed by atoms with Gasteiger partial charge in [-0.1, -0.05) is 18.2 Å². The van der Waals surface area contributed by atoms with Gasteiger partial charge in [-0.3, -0.25) is 19.3 Å². The Hall–Kier alpha value is -2.41. The molecule has 0 bridgehead atoms. The van der Waals surface area contributed by atoms with Crippen LogP contribution in [0.1, 0.15) is 29.6 Å². The number of likely N-dealkylation sites (N-methyl/N-ethyl adjacent to an activating group) is 1. The van der Waals surface area contributed by atoms with Gasteiger partial charge in [0.25, 0.3) is 5.91 Å². The number of carbonyl (C=O) groups is 3. The average Bonchev–Trinajstić information content (AvgIpc) is 2.74. The van der Waals surface area contributed by atoms with Crippen molar-refractivity contribution in [2.75, 3.05) is 59.4 Å². The second-order valence-corrected chi connectivity index (χ2v) is 7.63. The number of hydrogen-bond donors (Lipinski definition) is 0. The van der Waals surface area contributed by atoms with Gasteiger partial charge in [0.2, 0.25) is 11.8 Å². The molecule has 0 aromatic heterocycles. The lowest BCUT2D eigenvalue weighted by Crippen LogP contribution is -2.53. The summed E-state index contributed by atoms with van der Waals surface area (Å²) in [7, 11) is 1.65. The molecule has 2 fully saturated rings. The molecule has 0 saturated carbocycles. The summed E-state index contributed by atoms with van der Waals surface area (Å²) in [5.41, 5.74) is 0.582. The zero-order chi connectivity index (χ0) is 19.9. The molecule has 2 heterocycles. The minimum absolute atomic E-state index is 0.0474. The van der Waals surface area contributed by atoms with Gasteiger partial charge in [-0.05, 0) is 31.4 Å². The molecule has 0 radical (unpaired) electrons. The van der Waals surface area contributed by atoms with E-state index >= 15 is 0 Å². The molecule has 152 valence electrons. The second kappa shape index (κ2) is 9.68. The Morgan fingerprint density at radius 3 is 2.07 bits per heavy atom. The highest BCUT2D eigenvalue weighted by Crippen LogP contribution is 2.11. The minimum Gasteiger partial charge on any atom is -0.342 e. The molecule has 0 aliphatic carbocycles. The first-order chi connectivity index (χ1) is 13.5. The number of rotatable bonds is 5. The summed E-state index contributed by atoms with van der Waals surface area (Å²) < 4.78 is 0. The van der Waals surface area contributed by atoms with Crippen molar-refractivity contribution in [3.8, 4) is 0 Å². The number of nitrogens with zero attached hydrogens (tertiary/aromatic N) is 4. The fourth-order valence-corrected chi connectivity index (χ4v) is 3.77. The van der Waals surface area contributed by atoms with Gasteiger partial charge in [0.05, 0.1) is 13.1 Å². The highest BCUT2D eigenvalue weighted by molar-refractivity contribution is 5.96. The van der Waals surface area contributed by atoms with Crippen molar-refractivity contribution in [1.29, 1.82) is 0 Å². The summed E-state index contributed by atoms with van der Waals surface area (Å²) in [5, 5.41) is 0. The predicted molar refractivity (Wildman–Crippen MR) is 107 cm³/mol. The number of likely N-dealkylation sites (tertiary alicyclic amines) is 1. The molecule has 7 nitrogen and oxygen atoms in total. The van der Waals surface area contributed by atoms with Crippen molar-refractivity contribution in [2.45, 2.75) is 19.3 Å². The Labute approximate surface area is 166 Å². The number of piperidine rings is 1. The molecule has 3 amide bonds. The summed E-state index contributed by atoms with van der Waals surface area (Å²) in [5.74, 6) is 0.00108. The first kappa shape index (κ1) is 20.3. The topological polar surface area (TPSA) is 64.2 Å². The first-order valence-electron chi connectivity index (χ1n) is 10.1. The number of hydrogen-bond acceptors (Lipinski definition) is 4. The maximum absolute atomic E-state index is 12.6. The van der Waals surface area contributed by atoms with Gasteiger partial charge in [0.15, 0.2) is 0 Å². The molecule has 3 rings (SSSR count). The summed E-state index contributed by atoms with van der Waals surface area (Å²) in [4.78, 5) is 44.7. The van der Waals surface area contributed by atoms with Gasteiger partial charge in [-0.2, -0.15) is 0 Å². The summed E-state index contributed by atoms with van der Waals surface area (Å²) >= 11 is 0. The normalized spacial score (nSPS) is 18.0. The third-order valence-corrected chi connectivity index (χ3v) is 5.53. The Kier molecular flexibility index (Phi) is 7.03. The van der Waals surface area contributed by atoms with Crippen molar-refractivity contribution < 1.29 is 14.4 Å². The predicted octanol–water partition coefficient (Wildman–Crippen LogP) is 0.915. The number of carbonyl (C=O) groups excluding carboxylic acids is 3. The van der Waals surface area contributed by atoms with Crippen LogP contribution >= 0.6 is 0 Å². The van der Waals surface area contributed by atoms with E-state index in [4.69, 9.17) is 0 Å². The largest absolute Gasteiger partial charge is 0.342 e. The van der Waals surface area contributed by atoms with Crippen LogP contribution in [0.5, 0.6) is 0 Å². The van der Waals surface area contributed by atoms with Crippen LogP contribution in [0.4, 0.5) is 0 Å². The number of benzene rings is 1. The van der Waals surface area contributed by atoms with E-state index in [0.29, 0.717) is 38.3 Å². The molecule has 0 unspecified atom stereocenters. The van der Waals surface area contributed by atoms with Gasteiger partial charge in [-0.25, -0.2) is 0 Å². The quantitative estimate of drug-likeness (QED) is 0.755. The zero-order valence-corrected chi connectivity index (χ0v) is 16.7. The molecule has 1 aromatic rings. The SMILES string of the molecule is CN(CC(=O)N1CCN(CC(=O)N2CCCCC2)CC1)C(=O)c1ccccc1. The Balaban J connectivity index is 1.42. The standard InChI is InChI=1S/C21H30N4O3/c1-22(21(28)18-8-4-2-5-9-18)16-19(26)25-14-12-23(13-15-25)17-20(27)24-10-6-3-7-11-24/h2,4-5,8-9H,3,6-7,10-17H2,1H3. The maximum atomic E-state index is 12.6. The van der Waals surface area contributed by atoms with E-state index in [9.17, 15) is 14.4 Å². The van der Waals surface area contributed by atoms with Crippen LogP contribution in [0.3, 0.4) is 0 Å². The van der Waals surface area contributed by atoms with Crippen molar-refractivity contribution in [2.24, 2.45) is 0 Å². The molecule has 7 heteroatoms. The van der Waals surface area contributed by atoms with Gasteiger partial charge in [0, 0.05) is 51.9 Å². The highest BCUT2D eigenvalue weighted by Gasteiger charge is 2.26. The van der Waals surface area contributed by atoms with Crippen LogP contribution in [0.2, 0.25) is 0 Å². The van der Waals surface area contributed by atoms with Crippen LogP contribution in [-0.4, -0.2) is 96.7 Å². The zero-order valence-electron chi connectivity index (χ0n) is 16.7. The van der Waals surface area contributed by atoms with Crippen molar-refractivity contribution in [3.63, 3.8) is 0 Å².